The highest BCUT2D eigenvalue weighted by atomic mass is 16.5. The Morgan fingerprint density at radius 3 is 2.39 bits per heavy atom. The van der Waals surface area contributed by atoms with Crippen LogP contribution in [0.15, 0.2) is 12.1 Å². The maximum Gasteiger partial charge on any atom is 0.122 e. The van der Waals surface area contributed by atoms with E-state index < -0.39 is 0 Å². The Hall–Kier alpha value is -1.18. The zero-order chi connectivity index (χ0) is 12.5. The Bertz CT molecular complexity index is 522. The molecular formula is C16H20O2. The minimum Gasteiger partial charge on any atom is -0.496 e. The van der Waals surface area contributed by atoms with E-state index in [4.69, 9.17) is 9.47 Å². The lowest BCUT2D eigenvalue weighted by Gasteiger charge is -2.43. The van der Waals surface area contributed by atoms with Gasteiger partial charge in [-0.1, -0.05) is 6.92 Å². The van der Waals surface area contributed by atoms with E-state index in [9.17, 15) is 0 Å². The lowest BCUT2D eigenvalue weighted by Crippen LogP contribution is -2.30. The van der Waals surface area contributed by atoms with E-state index in [1.165, 1.54) is 30.4 Å². The largest absolute Gasteiger partial charge is 0.496 e. The van der Waals surface area contributed by atoms with E-state index in [1.807, 2.05) is 0 Å². The van der Waals surface area contributed by atoms with Gasteiger partial charge in [0.05, 0.1) is 14.2 Å². The van der Waals surface area contributed by atoms with Crippen LogP contribution in [0.4, 0.5) is 0 Å². The fourth-order valence-electron chi connectivity index (χ4n) is 4.81. The molecule has 5 rings (SSSR count). The molecule has 0 aliphatic heterocycles. The summed E-state index contributed by atoms with van der Waals surface area (Å²) in [7, 11) is 3.58. The highest BCUT2D eigenvalue weighted by Gasteiger charge is 2.65. The van der Waals surface area contributed by atoms with Crippen molar-refractivity contribution in [2.45, 2.75) is 38.0 Å². The third kappa shape index (κ3) is 1.05. The summed E-state index contributed by atoms with van der Waals surface area (Å²) in [4.78, 5) is 0. The molecular weight excluding hydrogens is 224 g/mol. The van der Waals surface area contributed by atoms with Crippen LogP contribution in [-0.4, -0.2) is 14.2 Å². The number of ether oxygens (including phenoxy) is 2. The van der Waals surface area contributed by atoms with E-state index in [1.54, 1.807) is 14.2 Å². The van der Waals surface area contributed by atoms with Crippen molar-refractivity contribution in [1.29, 1.82) is 0 Å². The Kier molecular flexibility index (Phi) is 1.92. The maximum absolute atomic E-state index is 5.62. The first kappa shape index (κ1) is 10.7. The third-order valence-corrected chi connectivity index (χ3v) is 5.76. The second-order valence-electron chi connectivity index (χ2n) is 6.35. The highest BCUT2D eigenvalue weighted by molar-refractivity contribution is 5.58. The van der Waals surface area contributed by atoms with E-state index in [2.05, 4.69) is 19.1 Å². The Morgan fingerprint density at radius 1 is 1.06 bits per heavy atom. The van der Waals surface area contributed by atoms with E-state index in [-0.39, 0.29) is 0 Å². The van der Waals surface area contributed by atoms with Crippen molar-refractivity contribution in [3.05, 3.63) is 23.3 Å². The van der Waals surface area contributed by atoms with Crippen molar-refractivity contribution in [2.75, 3.05) is 14.2 Å². The SMILES string of the molecule is COc1ccc(OC)c2c1[C@H]1CC[C@H]2[C@@]2(C)C[C@@H]12. The van der Waals surface area contributed by atoms with Gasteiger partial charge in [-0.05, 0) is 54.6 Å². The molecule has 2 fully saturated rings. The summed E-state index contributed by atoms with van der Waals surface area (Å²) in [6, 6.07) is 4.16. The first-order chi connectivity index (χ1) is 8.70. The molecule has 2 saturated carbocycles. The molecule has 0 heterocycles. The summed E-state index contributed by atoms with van der Waals surface area (Å²) in [6.07, 6.45) is 4.05. The maximum atomic E-state index is 5.62. The van der Waals surface area contributed by atoms with Gasteiger partial charge >= 0.3 is 0 Å². The van der Waals surface area contributed by atoms with Gasteiger partial charge in [0.25, 0.3) is 0 Å². The predicted octanol–water partition coefficient (Wildman–Crippen LogP) is 3.70. The van der Waals surface area contributed by atoms with Gasteiger partial charge in [0.2, 0.25) is 0 Å². The topological polar surface area (TPSA) is 18.5 Å². The normalized spacial score (nSPS) is 38.9. The molecule has 2 nitrogen and oxygen atoms in total. The number of hydrogen-bond donors (Lipinski definition) is 0. The predicted molar refractivity (Wildman–Crippen MR) is 70.5 cm³/mol. The van der Waals surface area contributed by atoms with Crippen LogP contribution >= 0.6 is 0 Å². The zero-order valence-electron chi connectivity index (χ0n) is 11.3. The molecule has 4 aliphatic rings. The summed E-state index contributed by atoms with van der Waals surface area (Å²) in [5.41, 5.74) is 3.48. The molecule has 2 heteroatoms. The first-order valence-electron chi connectivity index (χ1n) is 6.95. The minimum absolute atomic E-state index is 0.551. The molecule has 0 amide bonds. The second kappa shape index (κ2) is 3.23. The molecule has 0 spiro atoms. The quantitative estimate of drug-likeness (QED) is 0.789. The van der Waals surface area contributed by atoms with Gasteiger partial charge in [-0.2, -0.15) is 0 Å². The van der Waals surface area contributed by atoms with Crippen LogP contribution in [0.1, 0.15) is 49.1 Å². The van der Waals surface area contributed by atoms with Crippen LogP contribution in [0.5, 0.6) is 11.5 Å². The molecule has 4 atom stereocenters. The number of hydrogen-bond acceptors (Lipinski definition) is 2. The van der Waals surface area contributed by atoms with Gasteiger partial charge in [0, 0.05) is 11.1 Å². The van der Waals surface area contributed by atoms with Crippen LogP contribution in [0, 0.1) is 11.3 Å². The van der Waals surface area contributed by atoms with Crippen molar-refractivity contribution >= 4 is 0 Å². The summed E-state index contributed by atoms with van der Waals surface area (Å²) in [5, 5.41) is 0. The van der Waals surface area contributed by atoms with Crippen molar-refractivity contribution in [3.8, 4) is 11.5 Å². The fraction of sp³-hybridized carbons (Fsp3) is 0.625. The minimum atomic E-state index is 0.551. The smallest absolute Gasteiger partial charge is 0.122 e. The third-order valence-electron chi connectivity index (χ3n) is 5.76. The first-order valence-corrected chi connectivity index (χ1v) is 6.95. The molecule has 18 heavy (non-hydrogen) atoms. The zero-order valence-corrected chi connectivity index (χ0v) is 11.3. The standard InChI is InChI=1S/C16H20O2/c1-16-8-11(16)9-4-5-10(16)15-13(18-3)7-6-12(17-2)14(9)15/h6-7,9-11H,4-5,8H2,1-3H3/t9-,10+,11-,16+/m0/s1. The molecule has 1 aromatic carbocycles. The van der Waals surface area contributed by atoms with E-state index >= 15 is 0 Å². The Balaban J connectivity index is 1.98. The molecule has 2 bridgehead atoms. The second-order valence-corrected chi connectivity index (χ2v) is 6.35. The van der Waals surface area contributed by atoms with Gasteiger partial charge in [0.1, 0.15) is 11.5 Å². The van der Waals surface area contributed by atoms with Gasteiger partial charge in [-0.15, -0.1) is 0 Å². The average Bonchev–Trinajstić information content (AvgIpc) is 3.12. The monoisotopic (exact) mass is 244 g/mol. The van der Waals surface area contributed by atoms with Gasteiger partial charge in [0.15, 0.2) is 0 Å². The summed E-state index contributed by atoms with van der Waals surface area (Å²) >= 11 is 0. The molecule has 0 aromatic heterocycles. The van der Waals surface area contributed by atoms with Gasteiger partial charge < -0.3 is 9.47 Å². The number of methoxy groups -OCH3 is 2. The van der Waals surface area contributed by atoms with Crippen LogP contribution in [0.2, 0.25) is 0 Å². The molecule has 0 N–H and O–H groups in total. The molecule has 0 unspecified atom stereocenters. The van der Waals surface area contributed by atoms with Crippen molar-refractivity contribution in [3.63, 3.8) is 0 Å². The lowest BCUT2D eigenvalue weighted by atomic mass is 9.61. The molecule has 0 saturated heterocycles. The van der Waals surface area contributed by atoms with Crippen molar-refractivity contribution in [1.82, 2.24) is 0 Å². The number of rotatable bonds is 2. The van der Waals surface area contributed by atoms with Crippen LogP contribution in [-0.2, 0) is 0 Å². The van der Waals surface area contributed by atoms with Crippen LogP contribution in [0.25, 0.3) is 0 Å². The van der Waals surface area contributed by atoms with Crippen LogP contribution < -0.4 is 9.47 Å². The van der Waals surface area contributed by atoms with Gasteiger partial charge in [-0.25, -0.2) is 0 Å². The summed E-state index contributed by atoms with van der Waals surface area (Å²) < 4.78 is 11.2. The van der Waals surface area contributed by atoms with Crippen molar-refractivity contribution in [2.24, 2.45) is 11.3 Å². The Labute approximate surface area is 108 Å². The molecule has 96 valence electrons. The molecule has 1 aromatic rings. The molecule has 0 radical (unpaired) electrons. The molecule has 4 aliphatic carbocycles. The van der Waals surface area contributed by atoms with Crippen molar-refractivity contribution < 1.29 is 9.47 Å². The lowest BCUT2D eigenvalue weighted by molar-refractivity contribution is 0.238. The number of fused-ring (bicyclic) bond motifs is 1. The van der Waals surface area contributed by atoms with E-state index in [0.29, 0.717) is 17.3 Å². The van der Waals surface area contributed by atoms with Crippen LogP contribution in [0.3, 0.4) is 0 Å². The Morgan fingerprint density at radius 2 is 1.72 bits per heavy atom. The summed E-state index contributed by atoms with van der Waals surface area (Å²) in [5.74, 6) is 4.44. The van der Waals surface area contributed by atoms with Gasteiger partial charge in [-0.3, -0.25) is 0 Å². The fourth-order valence-corrected chi connectivity index (χ4v) is 4.81. The average molecular weight is 244 g/mol. The highest BCUT2D eigenvalue weighted by Crippen LogP contribution is 2.76. The number of benzene rings is 1. The summed E-state index contributed by atoms with van der Waals surface area (Å²) in [6.45, 7) is 2.47. The van der Waals surface area contributed by atoms with E-state index in [0.717, 1.165) is 17.4 Å².